The van der Waals surface area contributed by atoms with E-state index < -0.39 is 6.36 Å². The number of rotatable bonds is 4. The fourth-order valence-electron chi connectivity index (χ4n) is 2.45. The highest BCUT2D eigenvalue weighted by molar-refractivity contribution is 9.10. The number of nitrogens with zero attached hydrogens (tertiary/aromatic N) is 1. The summed E-state index contributed by atoms with van der Waals surface area (Å²) >= 11 is 3.06. The topological polar surface area (TPSA) is 60.5 Å². The van der Waals surface area contributed by atoms with Crippen LogP contribution >= 0.6 is 15.9 Å². The van der Waals surface area contributed by atoms with Crippen molar-refractivity contribution < 1.29 is 27.4 Å². The Bertz CT molecular complexity index is 782. The number of aromatic nitrogens is 1. The minimum atomic E-state index is -4.80. The Balaban J connectivity index is 1.87. The standard InChI is InChI=1S/C15H12BrF3N2O3/c16-11-5-8-3-4-20-14(23-7-9-1-2-13(22)21-9)10(8)6-12(11)24-15(17,18)19/h3-6,9H,1-2,7H2,(H,21,22). The van der Waals surface area contributed by atoms with Crippen molar-refractivity contribution in [2.24, 2.45) is 0 Å². The Hall–Kier alpha value is -2.03. The Morgan fingerprint density at radius 2 is 2.17 bits per heavy atom. The van der Waals surface area contributed by atoms with Gasteiger partial charge in [0, 0.05) is 18.0 Å². The molecule has 1 atom stereocenters. The van der Waals surface area contributed by atoms with Gasteiger partial charge in [-0.1, -0.05) is 0 Å². The largest absolute Gasteiger partial charge is 0.573 e. The summed E-state index contributed by atoms with van der Waals surface area (Å²) in [5.41, 5.74) is 0. The molecule has 1 aromatic heterocycles. The van der Waals surface area contributed by atoms with E-state index in [2.05, 4.69) is 31.0 Å². The summed E-state index contributed by atoms with van der Waals surface area (Å²) < 4.78 is 47.2. The van der Waals surface area contributed by atoms with Crippen molar-refractivity contribution in [3.05, 3.63) is 28.9 Å². The Kier molecular flexibility index (Phi) is 4.53. The van der Waals surface area contributed by atoms with Gasteiger partial charge < -0.3 is 14.8 Å². The molecule has 24 heavy (non-hydrogen) atoms. The minimum Gasteiger partial charge on any atom is -0.475 e. The highest BCUT2D eigenvalue weighted by Gasteiger charge is 2.32. The SMILES string of the molecule is O=C1CCC(COc2nccc3cc(Br)c(OC(F)(F)F)cc23)N1. The fraction of sp³-hybridized carbons (Fsp3) is 0.333. The number of benzene rings is 1. The second-order valence-electron chi connectivity index (χ2n) is 5.28. The van der Waals surface area contributed by atoms with Crippen LogP contribution in [0.4, 0.5) is 13.2 Å². The predicted octanol–water partition coefficient (Wildman–Crippen LogP) is 3.55. The van der Waals surface area contributed by atoms with Crippen LogP contribution in [0.2, 0.25) is 0 Å². The molecule has 2 aromatic rings. The van der Waals surface area contributed by atoms with E-state index in [0.29, 0.717) is 23.6 Å². The van der Waals surface area contributed by atoms with Gasteiger partial charge in [0.2, 0.25) is 11.8 Å². The summed E-state index contributed by atoms with van der Waals surface area (Å²) in [6, 6.07) is 4.25. The number of halogens is 4. The molecule has 3 rings (SSSR count). The van der Waals surface area contributed by atoms with Crippen molar-refractivity contribution in [1.82, 2.24) is 10.3 Å². The average Bonchev–Trinajstić information content (AvgIpc) is 2.90. The number of nitrogens with one attached hydrogen (secondary N) is 1. The number of ether oxygens (including phenoxy) is 2. The van der Waals surface area contributed by atoms with E-state index in [9.17, 15) is 18.0 Å². The molecule has 128 valence electrons. The van der Waals surface area contributed by atoms with Crippen LogP contribution in [0, 0.1) is 0 Å². The molecule has 1 N–H and O–H groups in total. The quantitative estimate of drug-likeness (QED) is 0.846. The monoisotopic (exact) mass is 404 g/mol. The van der Waals surface area contributed by atoms with Gasteiger partial charge in [-0.15, -0.1) is 13.2 Å². The fourth-order valence-corrected chi connectivity index (χ4v) is 2.89. The van der Waals surface area contributed by atoms with Gasteiger partial charge in [-0.2, -0.15) is 0 Å². The van der Waals surface area contributed by atoms with Crippen molar-refractivity contribution >= 4 is 32.6 Å². The first-order valence-electron chi connectivity index (χ1n) is 7.08. The lowest BCUT2D eigenvalue weighted by Gasteiger charge is -2.15. The number of amides is 1. The molecule has 1 unspecified atom stereocenters. The molecule has 9 heteroatoms. The van der Waals surface area contributed by atoms with Crippen molar-refractivity contribution in [2.75, 3.05) is 6.61 Å². The van der Waals surface area contributed by atoms with Crippen molar-refractivity contribution in [3.8, 4) is 11.6 Å². The average molecular weight is 405 g/mol. The molecule has 0 saturated carbocycles. The van der Waals surface area contributed by atoms with E-state index in [-0.39, 0.29) is 34.7 Å². The van der Waals surface area contributed by atoms with Crippen LogP contribution in [0.5, 0.6) is 11.6 Å². The number of hydrogen-bond acceptors (Lipinski definition) is 4. The van der Waals surface area contributed by atoms with E-state index in [0.717, 1.165) is 0 Å². The lowest BCUT2D eigenvalue weighted by molar-refractivity contribution is -0.274. The Morgan fingerprint density at radius 3 is 2.83 bits per heavy atom. The lowest BCUT2D eigenvalue weighted by Crippen LogP contribution is -2.31. The summed E-state index contributed by atoms with van der Waals surface area (Å²) in [7, 11) is 0. The Labute approximate surface area is 143 Å². The molecule has 1 aliphatic rings. The smallest absolute Gasteiger partial charge is 0.475 e. The van der Waals surface area contributed by atoms with E-state index >= 15 is 0 Å². The summed E-state index contributed by atoms with van der Waals surface area (Å²) in [5, 5.41) is 3.79. The second-order valence-corrected chi connectivity index (χ2v) is 6.14. The van der Waals surface area contributed by atoms with Crippen molar-refractivity contribution in [1.29, 1.82) is 0 Å². The van der Waals surface area contributed by atoms with Gasteiger partial charge in [0.15, 0.2) is 0 Å². The van der Waals surface area contributed by atoms with Gasteiger partial charge in [0.05, 0.1) is 10.5 Å². The third kappa shape index (κ3) is 3.89. The van der Waals surface area contributed by atoms with Crippen molar-refractivity contribution in [3.63, 3.8) is 0 Å². The maximum atomic E-state index is 12.5. The molecule has 1 amide bonds. The zero-order valence-corrected chi connectivity index (χ0v) is 13.8. The molecule has 0 bridgehead atoms. The maximum Gasteiger partial charge on any atom is 0.573 e. The maximum absolute atomic E-state index is 12.5. The van der Waals surface area contributed by atoms with Crippen LogP contribution in [-0.2, 0) is 4.79 Å². The molecule has 1 aliphatic heterocycles. The normalized spacial score (nSPS) is 17.8. The summed E-state index contributed by atoms with van der Waals surface area (Å²) in [5.74, 6) is -0.227. The van der Waals surface area contributed by atoms with Gasteiger partial charge in [-0.25, -0.2) is 4.98 Å². The zero-order valence-electron chi connectivity index (χ0n) is 12.2. The van der Waals surface area contributed by atoms with Crippen LogP contribution in [0.25, 0.3) is 10.8 Å². The molecular formula is C15H12BrF3N2O3. The number of carbonyl (C=O) groups is 1. The summed E-state index contributed by atoms with van der Waals surface area (Å²) in [6.45, 7) is 0.198. The number of pyridine rings is 1. The summed E-state index contributed by atoms with van der Waals surface area (Å²) in [4.78, 5) is 15.2. The second kappa shape index (κ2) is 6.46. The molecular weight excluding hydrogens is 393 g/mol. The lowest BCUT2D eigenvalue weighted by atomic mass is 10.1. The van der Waals surface area contributed by atoms with E-state index in [1.165, 1.54) is 18.3 Å². The number of carbonyl (C=O) groups excluding carboxylic acids is 1. The van der Waals surface area contributed by atoms with E-state index in [1.807, 2.05) is 0 Å². The molecule has 2 heterocycles. The van der Waals surface area contributed by atoms with Crippen LogP contribution < -0.4 is 14.8 Å². The first kappa shape index (κ1) is 16.8. The first-order chi connectivity index (χ1) is 11.3. The number of fused-ring (bicyclic) bond motifs is 1. The molecule has 0 aliphatic carbocycles. The first-order valence-corrected chi connectivity index (χ1v) is 7.87. The molecule has 1 saturated heterocycles. The highest BCUT2D eigenvalue weighted by atomic mass is 79.9. The van der Waals surface area contributed by atoms with Crippen molar-refractivity contribution in [2.45, 2.75) is 25.2 Å². The zero-order chi connectivity index (χ0) is 17.3. The van der Waals surface area contributed by atoms with Gasteiger partial charge in [0.1, 0.15) is 12.4 Å². The highest BCUT2D eigenvalue weighted by Crippen LogP contribution is 2.36. The molecule has 5 nitrogen and oxygen atoms in total. The van der Waals surface area contributed by atoms with Gasteiger partial charge in [0.25, 0.3) is 0 Å². The van der Waals surface area contributed by atoms with Gasteiger partial charge >= 0.3 is 6.36 Å². The molecule has 0 radical (unpaired) electrons. The third-order valence-electron chi connectivity index (χ3n) is 3.51. The molecule has 0 spiro atoms. The van der Waals surface area contributed by atoms with E-state index in [1.54, 1.807) is 6.07 Å². The molecule has 1 fully saturated rings. The minimum absolute atomic E-state index is 0.0423. The Morgan fingerprint density at radius 1 is 1.38 bits per heavy atom. The van der Waals surface area contributed by atoms with Gasteiger partial charge in [-0.3, -0.25) is 4.79 Å². The van der Waals surface area contributed by atoms with Gasteiger partial charge in [-0.05, 0) is 45.9 Å². The number of alkyl halides is 3. The summed E-state index contributed by atoms with van der Waals surface area (Å²) in [6.07, 6.45) is -2.21. The van der Waals surface area contributed by atoms with E-state index in [4.69, 9.17) is 4.74 Å². The van der Waals surface area contributed by atoms with Crippen LogP contribution in [0.3, 0.4) is 0 Å². The number of hydrogen-bond donors (Lipinski definition) is 1. The van der Waals surface area contributed by atoms with Crippen LogP contribution in [-0.4, -0.2) is 29.9 Å². The van der Waals surface area contributed by atoms with Crippen LogP contribution in [0.15, 0.2) is 28.9 Å². The van der Waals surface area contributed by atoms with Crippen LogP contribution in [0.1, 0.15) is 12.8 Å². The molecule has 1 aromatic carbocycles. The third-order valence-corrected chi connectivity index (χ3v) is 4.13. The predicted molar refractivity (Wildman–Crippen MR) is 82.8 cm³/mol.